The Bertz CT molecular complexity index is 748. The lowest BCUT2D eigenvalue weighted by Crippen LogP contribution is -2.40. The number of amides is 1. The number of rotatable bonds is 7. The van der Waals surface area contributed by atoms with Gasteiger partial charge < -0.3 is 20.1 Å². The van der Waals surface area contributed by atoms with Gasteiger partial charge in [0.2, 0.25) is 0 Å². The van der Waals surface area contributed by atoms with E-state index in [0.29, 0.717) is 12.1 Å². The van der Waals surface area contributed by atoms with E-state index in [-0.39, 0.29) is 29.9 Å². The van der Waals surface area contributed by atoms with Crippen LogP contribution >= 0.6 is 39.9 Å². The van der Waals surface area contributed by atoms with E-state index >= 15 is 0 Å². The minimum Gasteiger partial charge on any atom is -0.356 e. The fourth-order valence-corrected chi connectivity index (χ4v) is 3.18. The maximum atomic E-state index is 12.0. The molecule has 0 bridgehead atoms. The summed E-state index contributed by atoms with van der Waals surface area (Å²) in [6.07, 6.45) is 2.86. The lowest BCUT2D eigenvalue weighted by atomic mass is 10.2. The van der Waals surface area contributed by atoms with Gasteiger partial charge in [0.1, 0.15) is 0 Å². The Morgan fingerprint density at radius 3 is 2.48 bits per heavy atom. The van der Waals surface area contributed by atoms with E-state index in [9.17, 15) is 4.79 Å². The molecule has 0 fully saturated rings. The fraction of sp³-hybridized carbons (Fsp3) is 0.368. The van der Waals surface area contributed by atoms with Gasteiger partial charge >= 0.3 is 0 Å². The molecule has 0 aliphatic rings. The highest BCUT2D eigenvalue weighted by molar-refractivity contribution is 14.0. The molecule has 27 heavy (non-hydrogen) atoms. The summed E-state index contributed by atoms with van der Waals surface area (Å²) in [5.41, 5.74) is 1.88. The summed E-state index contributed by atoms with van der Waals surface area (Å²) in [4.78, 5) is 18.4. The van der Waals surface area contributed by atoms with Gasteiger partial charge in [-0.25, -0.2) is 0 Å². The molecule has 148 valence electrons. The molecule has 0 unspecified atom stereocenters. The van der Waals surface area contributed by atoms with Crippen LogP contribution in [0.1, 0.15) is 22.5 Å². The molecule has 0 atom stereocenters. The number of guanidine groups is 1. The van der Waals surface area contributed by atoms with E-state index in [1.165, 1.54) is 5.69 Å². The van der Waals surface area contributed by atoms with Crippen molar-refractivity contribution >= 4 is 51.8 Å². The van der Waals surface area contributed by atoms with E-state index in [1.807, 2.05) is 50.6 Å². The van der Waals surface area contributed by atoms with Crippen molar-refractivity contribution in [1.29, 1.82) is 0 Å². The summed E-state index contributed by atoms with van der Waals surface area (Å²) < 4.78 is 3.16. The number of aryl methyl sites for hydroxylation is 1. The van der Waals surface area contributed by atoms with Crippen molar-refractivity contribution in [2.24, 2.45) is 12.0 Å². The second kappa shape index (κ2) is 12.0. The van der Waals surface area contributed by atoms with Crippen molar-refractivity contribution in [3.8, 4) is 0 Å². The van der Waals surface area contributed by atoms with Crippen LogP contribution in [0.15, 0.2) is 52.1 Å². The van der Waals surface area contributed by atoms with E-state index in [0.717, 1.165) is 29.9 Å². The van der Waals surface area contributed by atoms with Crippen LogP contribution < -0.4 is 10.6 Å². The van der Waals surface area contributed by atoms with E-state index in [2.05, 4.69) is 47.1 Å². The fourth-order valence-electron chi connectivity index (χ4n) is 2.61. The number of aromatic nitrogens is 1. The van der Waals surface area contributed by atoms with E-state index in [4.69, 9.17) is 0 Å². The van der Waals surface area contributed by atoms with Crippen molar-refractivity contribution < 1.29 is 4.79 Å². The van der Waals surface area contributed by atoms with Gasteiger partial charge in [0.05, 0.1) is 6.54 Å². The van der Waals surface area contributed by atoms with Crippen LogP contribution in [0.25, 0.3) is 0 Å². The smallest absolute Gasteiger partial charge is 0.251 e. The number of aliphatic imine (C=N–C) groups is 1. The van der Waals surface area contributed by atoms with Crippen LogP contribution in [0.4, 0.5) is 0 Å². The molecule has 8 heteroatoms. The summed E-state index contributed by atoms with van der Waals surface area (Å²) >= 11 is 3.49. The van der Waals surface area contributed by atoms with Gasteiger partial charge in [-0.15, -0.1) is 24.0 Å². The van der Waals surface area contributed by atoms with E-state index in [1.54, 1.807) is 7.05 Å². The van der Waals surface area contributed by atoms with Crippen molar-refractivity contribution in [2.75, 3.05) is 27.2 Å². The molecule has 0 spiro atoms. The Morgan fingerprint density at radius 1 is 1.22 bits per heavy atom. The molecule has 6 nitrogen and oxygen atoms in total. The number of carbonyl (C=O) groups is 1. The number of nitrogens with one attached hydrogen (secondary N) is 2. The van der Waals surface area contributed by atoms with E-state index < -0.39 is 0 Å². The monoisotopic (exact) mass is 547 g/mol. The zero-order chi connectivity index (χ0) is 18.9. The Hall–Kier alpha value is -1.55. The molecule has 0 saturated carbocycles. The molecule has 2 aromatic rings. The van der Waals surface area contributed by atoms with Gasteiger partial charge in [-0.3, -0.25) is 9.79 Å². The van der Waals surface area contributed by atoms with Gasteiger partial charge in [-0.1, -0.05) is 18.2 Å². The lowest BCUT2D eigenvalue weighted by molar-refractivity contribution is 0.0953. The SMILES string of the molecule is CN=C(NCCCNC(=O)c1ccccc1)N(C)Cc1cc(Br)cn1C.I. The first-order valence-electron chi connectivity index (χ1n) is 8.57. The van der Waals surface area contributed by atoms with Crippen molar-refractivity contribution in [1.82, 2.24) is 20.1 Å². The van der Waals surface area contributed by atoms with Crippen LogP contribution in [0, 0.1) is 0 Å². The first-order chi connectivity index (χ1) is 12.5. The molecular weight excluding hydrogens is 521 g/mol. The third-order valence-electron chi connectivity index (χ3n) is 4.01. The first kappa shape index (κ1) is 23.5. The van der Waals surface area contributed by atoms with Crippen molar-refractivity contribution in [3.05, 3.63) is 58.3 Å². The highest BCUT2D eigenvalue weighted by Crippen LogP contribution is 2.14. The van der Waals surface area contributed by atoms with Crippen molar-refractivity contribution in [3.63, 3.8) is 0 Å². The Morgan fingerprint density at radius 2 is 1.89 bits per heavy atom. The summed E-state index contributed by atoms with van der Waals surface area (Å²) in [6.45, 7) is 2.11. The first-order valence-corrected chi connectivity index (χ1v) is 9.36. The molecule has 1 amide bonds. The van der Waals surface area contributed by atoms with Crippen LogP contribution in [-0.2, 0) is 13.6 Å². The number of nitrogens with zero attached hydrogens (tertiary/aromatic N) is 3. The van der Waals surface area contributed by atoms with Crippen LogP contribution in [0.2, 0.25) is 0 Å². The predicted molar refractivity (Wildman–Crippen MR) is 125 cm³/mol. The number of halogens is 2. The van der Waals surface area contributed by atoms with Crippen LogP contribution in [-0.4, -0.2) is 48.5 Å². The summed E-state index contributed by atoms with van der Waals surface area (Å²) in [5.74, 6) is 0.790. The Balaban J connectivity index is 0.00000364. The summed E-state index contributed by atoms with van der Waals surface area (Å²) in [6, 6.07) is 11.3. The van der Waals surface area contributed by atoms with Gasteiger partial charge in [0.25, 0.3) is 5.91 Å². The minimum absolute atomic E-state index is 0. The molecule has 1 aromatic carbocycles. The molecular formula is C19H27BrIN5O. The predicted octanol–water partition coefficient (Wildman–Crippen LogP) is 3.23. The zero-order valence-electron chi connectivity index (χ0n) is 15.9. The summed E-state index contributed by atoms with van der Waals surface area (Å²) in [5, 5.41) is 6.26. The molecule has 0 aliphatic carbocycles. The van der Waals surface area contributed by atoms with Gasteiger partial charge in [-0.05, 0) is 40.5 Å². The maximum Gasteiger partial charge on any atom is 0.251 e. The minimum atomic E-state index is -0.0404. The quantitative estimate of drug-likeness (QED) is 0.242. The zero-order valence-corrected chi connectivity index (χ0v) is 19.8. The highest BCUT2D eigenvalue weighted by atomic mass is 127. The normalized spacial score (nSPS) is 10.9. The average molecular weight is 548 g/mol. The number of hydrogen-bond acceptors (Lipinski definition) is 2. The molecule has 1 aromatic heterocycles. The molecule has 0 radical (unpaired) electrons. The number of carbonyl (C=O) groups excluding carboxylic acids is 1. The molecule has 0 aliphatic heterocycles. The van der Waals surface area contributed by atoms with Gasteiger partial charge in [0, 0.05) is 56.2 Å². The van der Waals surface area contributed by atoms with Gasteiger partial charge in [-0.2, -0.15) is 0 Å². The second-order valence-electron chi connectivity index (χ2n) is 6.07. The third kappa shape index (κ3) is 7.53. The number of benzene rings is 1. The van der Waals surface area contributed by atoms with Crippen LogP contribution in [0.3, 0.4) is 0 Å². The topological polar surface area (TPSA) is 61.7 Å². The lowest BCUT2D eigenvalue weighted by Gasteiger charge is -2.22. The average Bonchev–Trinajstić information content (AvgIpc) is 2.95. The molecule has 0 saturated heterocycles. The van der Waals surface area contributed by atoms with Crippen molar-refractivity contribution in [2.45, 2.75) is 13.0 Å². The molecule has 1 heterocycles. The largest absolute Gasteiger partial charge is 0.356 e. The highest BCUT2D eigenvalue weighted by Gasteiger charge is 2.09. The second-order valence-corrected chi connectivity index (χ2v) is 6.98. The Labute approximate surface area is 186 Å². The standard InChI is InChI=1S/C19H26BrN5O.HI/c1-21-19(25(3)14-17-12-16(20)13-24(17)2)23-11-7-10-22-18(26)15-8-5-4-6-9-15;/h4-6,8-9,12-13H,7,10-11,14H2,1-3H3,(H,21,23)(H,22,26);1H. The maximum absolute atomic E-state index is 12.0. The Kier molecular flexibility index (Phi) is 10.5. The third-order valence-corrected chi connectivity index (χ3v) is 4.44. The molecule has 2 N–H and O–H groups in total. The molecule has 2 rings (SSSR count). The van der Waals surface area contributed by atoms with Gasteiger partial charge in [0.15, 0.2) is 5.96 Å². The number of hydrogen-bond donors (Lipinski definition) is 2. The van der Waals surface area contributed by atoms with Crippen LogP contribution in [0.5, 0.6) is 0 Å². The summed E-state index contributed by atoms with van der Waals surface area (Å²) in [7, 11) is 5.81.